The van der Waals surface area contributed by atoms with Gasteiger partial charge in [-0.05, 0) is 18.1 Å². The summed E-state index contributed by atoms with van der Waals surface area (Å²) >= 11 is 6.24. The SMILES string of the molecule is Nc1c2c(nn1C(=O)C1CCNc3c(Cl)cccc31)CCNC2. The summed E-state index contributed by atoms with van der Waals surface area (Å²) in [6.45, 7) is 2.24. The number of halogens is 1. The van der Waals surface area contributed by atoms with Crippen LogP contribution in [0.3, 0.4) is 0 Å². The van der Waals surface area contributed by atoms with E-state index in [4.69, 9.17) is 17.3 Å². The fraction of sp³-hybridized carbons (Fsp3) is 0.375. The molecule has 1 aromatic heterocycles. The minimum absolute atomic E-state index is 0.0816. The molecule has 4 rings (SSSR count). The van der Waals surface area contributed by atoms with Crippen LogP contribution in [0.25, 0.3) is 0 Å². The standard InChI is InChI=1S/C16H18ClN5O/c17-12-3-1-2-9-10(4-7-20-14(9)12)16(23)22-15(18)11-8-19-6-5-13(11)21-22/h1-3,10,19-20H,4-8,18H2. The van der Waals surface area contributed by atoms with Gasteiger partial charge >= 0.3 is 0 Å². The number of nitrogens with two attached hydrogens (primary N) is 1. The summed E-state index contributed by atoms with van der Waals surface area (Å²) in [5.74, 6) is 0.0998. The second-order valence-electron chi connectivity index (χ2n) is 5.96. The number of nitrogen functional groups attached to an aromatic ring is 1. The van der Waals surface area contributed by atoms with Crippen LogP contribution < -0.4 is 16.4 Å². The number of nitrogens with zero attached hydrogens (tertiary/aromatic N) is 2. The third kappa shape index (κ3) is 2.29. The minimum Gasteiger partial charge on any atom is -0.384 e. The number of carbonyl (C=O) groups is 1. The van der Waals surface area contributed by atoms with Crippen LogP contribution in [0, 0.1) is 0 Å². The number of para-hydroxylation sites is 1. The van der Waals surface area contributed by atoms with Crippen molar-refractivity contribution in [2.24, 2.45) is 0 Å². The van der Waals surface area contributed by atoms with Crippen LogP contribution in [-0.2, 0) is 13.0 Å². The van der Waals surface area contributed by atoms with E-state index in [1.54, 1.807) is 0 Å². The topological polar surface area (TPSA) is 85.0 Å². The lowest BCUT2D eigenvalue weighted by molar-refractivity contribution is 0.0859. The summed E-state index contributed by atoms with van der Waals surface area (Å²) in [5, 5.41) is 11.6. The van der Waals surface area contributed by atoms with Crippen molar-refractivity contribution in [2.45, 2.75) is 25.3 Å². The van der Waals surface area contributed by atoms with Gasteiger partial charge in [0.25, 0.3) is 5.91 Å². The van der Waals surface area contributed by atoms with Gasteiger partial charge in [-0.25, -0.2) is 0 Å². The van der Waals surface area contributed by atoms with Crippen molar-refractivity contribution in [2.75, 3.05) is 24.1 Å². The highest BCUT2D eigenvalue weighted by atomic mass is 35.5. The van der Waals surface area contributed by atoms with Crippen molar-refractivity contribution in [1.29, 1.82) is 0 Å². The van der Waals surface area contributed by atoms with Crippen molar-refractivity contribution in [3.8, 4) is 0 Å². The first-order chi connectivity index (χ1) is 11.2. The Morgan fingerprint density at radius 2 is 2.26 bits per heavy atom. The Kier molecular flexibility index (Phi) is 3.50. The minimum atomic E-state index is -0.276. The monoisotopic (exact) mass is 331 g/mol. The molecule has 1 atom stereocenters. The second kappa shape index (κ2) is 5.54. The molecule has 0 aliphatic carbocycles. The van der Waals surface area contributed by atoms with Crippen LogP contribution in [0.4, 0.5) is 11.5 Å². The van der Waals surface area contributed by atoms with Gasteiger partial charge in [0.05, 0.1) is 22.3 Å². The van der Waals surface area contributed by atoms with Gasteiger partial charge in [0.1, 0.15) is 5.82 Å². The fourth-order valence-corrected chi connectivity index (χ4v) is 3.66. The largest absolute Gasteiger partial charge is 0.384 e. The molecule has 0 saturated heterocycles. The van der Waals surface area contributed by atoms with Gasteiger partial charge in [0.2, 0.25) is 0 Å². The van der Waals surface area contributed by atoms with Gasteiger partial charge in [0, 0.05) is 31.6 Å². The number of nitrogens with one attached hydrogen (secondary N) is 2. The molecule has 2 aliphatic rings. The third-order valence-corrected chi connectivity index (χ3v) is 4.92. The Labute approximate surface area is 139 Å². The molecule has 0 saturated carbocycles. The van der Waals surface area contributed by atoms with Crippen LogP contribution in [0.2, 0.25) is 5.02 Å². The number of fused-ring (bicyclic) bond motifs is 2. The van der Waals surface area contributed by atoms with Gasteiger partial charge in [0.15, 0.2) is 0 Å². The Hall–Kier alpha value is -2.05. The molecule has 0 radical (unpaired) electrons. The zero-order chi connectivity index (χ0) is 16.0. The molecule has 4 N–H and O–H groups in total. The number of hydrogen-bond acceptors (Lipinski definition) is 5. The zero-order valence-corrected chi connectivity index (χ0v) is 13.4. The lowest BCUT2D eigenvalue weighted by Gasteiger charge is -2.26. The molecule has 0 spiro atoms. The van der Waals surface area contributed by atoms with Gasteiger partial charge in [-0.1, -0.05) is 23.7 Å². The number of benzene rings is 1. The molecule has 1 aromatic carbocycles. The van der Waals surface area contributed by atoms with E-state index < -0.39 is 0 Å². The zero-order valence-electron chi connectivity index (χ0n) is 12.6. The number of carbonyl (C=O) groups excluding carboxylic acids is 1. The first-order valence-corrected chi connectivity index (χ1v) is 8.18. The normalized spacial score (nSPS) is 19.6. The predicted molar refractivity (Wildman–Crippen MR) is 90.0 cm³/mol. The van der Waals surface area contributed by atoms with Gasteiger partial charge in [-0.15, -0.1) is 0 Å². The lowest BCUT2D eigenvalue weighted by atomic mass is 9.90. The molecule has 0 fully saturated rings. The summed E-state index contributed by atoms with van der Waals surface area (Å²) in [4.78, 5) is 13.0. The average molecular weight is 332 g/mol. The highest BCUT2D eigenvalue weighted by molar-refractivity contribution is 6.33. The molecule has 2 aromatic rings. The first kappa shape index (κ1) is 14.5. The van der Waals surface area contributed by atoms with Crippen LogP contribution in [0.15, 0.2) is 18.2 Å². The van der Waals surface area contributed by atoms with Crippen molar-refractivity contribution >= 4 is 29.0 Å². The van der Waals surface area contributed by atoms with Gasteiger partial charge in [-0.3, -0.25) is 4.79 Å². The molecular weight excluding hydrogens is 314 g/mol. The van der Waals surface area contributed by atoms with E-state index in [0.29, 0.717) is 30.4 Å². The molecule has 2 aliphatic heterocycles. The third-order valence-electron chi connectivity index (χ3n) is 4.61. The molecule has 0 amide bonds. The molecule has 3 heterocycles. The highest BCUT2D eigenvalue weighted by Gasteiger charge is 2.31. The molecule has 7 heteroatoms. The molecule has 0 bridgehead atoms. The molecule has 6 nitrogen and oxygen atoms in total. The van der Waals surface area contributed by atoms with E-state index in [-0.39, 0.29) is 11.8 Å². The summed E-state index contributed by atoms with van der Waals surface area (Å²) in [6, 6.07) is 5.64. The van der Waals surface area contributed by atoms with Crippen LogP contribution in [-0.4, -0.2) is 28.8 Å². The maximum Gasteiger partial charge on any atom is 0.256 e. The molecule has 120 valence electrons. The maximum absolute atomic E-state index is 13.0. The number of hydrogen-bond donors (Lipinski definition) is 3. The van der Waals surface area contributed by atoms with Crippen molar-refractivity contribution < 1.29 is 4.79 Å². The van der Waals surface area contributed by atoms with Crippen LogP contribution >= 0.6 is 11.6 Å². The van der Waals surface area contributed by atoms with E-state index in [1.165, 1.54) is 4.68 Å². The highest BCUT2D eigenvalue weighted by Crippen LogP contribution is 2.37. The average Bonchev–Trinajstić information content (AvgIpc) is 2.92. The lowest BCUT2D eigenvalue weighted by Crippen LogP contribution is -2.28. The van der Waals surface area contributed by atoms with E-state index in [0.717, 1.165) is 35.5 Å². The maximum atomic E-state index is 13.0. The van der Waals surface area contributed by atoms with Crippen molar-refractivity contribution in [3.05, 3.63) is 40.0 Å². The summed E-state index contributed by atoms with van der Waals surface area (Å²) in [6.07, 6.45) is 1.50. The Balaban J connectivity index is 1.74. The quantitative estimate of drug-likeness (QED) is 0.744. The van der Waals surface area contributed by atoms with Crippen molar-refractivity contribution in [3.63, 3.8) is 0 Å². The fourth-order valence-electron chi connectivity index (χ4n) is 3.41. The molecular formula is C16H18ClN5O. The first-order valence-electron chi connectivity index (χ1n) is 7.80. The number of anilines is 2. The van der Waals surface area contributed by atoms with Crippen molar-refractivity contribution in [1.82, 2.24) is 15.1 Å². The summed E-state index contributed by atoms with van der Waals surface area (Å²) in [5.41, 5.74) is 9.81. The van der Waals surface area contributed by atoms with E-state index >= 15 is 0 Å². The number of rotatable bonds is 1. The van der Waals surface area contributed by atoms with E-state index in [2.05, 4.69) is 15.7 Å². The van der Waals surface area contributed by atoms with Crippen LogP contribution in [0.1, 0.15) is 34.0 Å². The smallest absolute Gasteiger partial charge is 0.256 e. The van der Waals surface area contributed by atoms with Crippen LogP contribution in [0.5, 0.6) is 0 Å². The van der Waals surface area contributed by atoms with Gasteiger partial charge in [-0.2, -0.15) is 9.78 Å². The summed E-state index contributed by atoms with van der Waals surface area (Å²) < 4.78 is 1.39. The van der Waals surface area contributed by atoms with Gasteiger partial charge < -0.3 is 16.4 Å². The Bertz CT molecular complexity index is 785. The van der Waals surface area contributed by atoms with E-state index in [1.807, 2.05) is 18.2 Å². The molecule has 1 unspecified atom stereocenters. The van der Waals surface area contributed by atoms with E-state index in [9.17, 15) is 4.79 Å². The predicted octanol–water partition coefficient (Wildman–Crippen LogP) is 2.00. The number of aromatic nitrogens is 2. The molecule has 23 heavy (non-hydrogen) atoms. The second-order valence-corrected chi connectivity index (χ2v) is 6.37. The summed E-state index contributed by atoms with van der Waals surface area (Å²) in [7, 11) is 0. The Morgan fingerprint density at radius 1 is 1.39 bits per heavy atom. The Morgan fingerprint density at radius 3 is 3.09 bits per heavy atom.